The second-order valence-corrected chi connectivity index (χ2v) is 4.20. The smallest absolute Gasteiger partial charge is 0.252 e. The first-order valence-electron chi connectivity index (χ1n) is 5.49. The molecule has 0 radical (unpaired) electrons. The van der Waals surface area contributed by atoms with Crippen LogP contribution in [0.3, 0.4) is 0 Å². The molecule has 0 aliphatic carbocycles. The third kappa shape index (κ3) is 2.57. The van der Waals surface area contributed by atoms with Crippen molar-refractivity contribution in [1.82, 2.24) is 10.3 Å². The van der Waals surface area contributed by atoms with Gasteiger partial charge in [-0.15, -0.1) is 0 Å². The molecule has 2 nitrogen and oxygen atoms in total. The summed E-state index contributed by atoms with van der Waals surface area (Å²) in [6.45, 7) is 1.51. The van der Waals surface area contributed by atoms with Crippen LogP contribution in [-0.4, -0.2) is 18.1 Å². The molecule has 0 atom stereocenters. The van der Waals surface area contributed by atoms with E-state index in [9.17, 15) is 17.6 Å². The molecule has 0 bridgehead atoms. The zero-order valence-electron chi connectivity index (χ0n) is 9.07. The first kappa shape index (κ1) is 12.3. The van der Waals surface area contributed by atoms with Gasteiger partial charge in [0, 0.05) is 5.56 Å². The van der Waals surface area contributed by atoms with Crippen LogP contribution in [0, 0.1) is 29.4 Å². The highest BCUT2D eigenvalue weighted by Gasteiger charge is 2.24. The number of aromatic nitrogens is 1. The van der Waals surface area contributed by atoms with E-state index in [0.29, 0.717) is 0 Å². The predicted octanol–water partition coefficient (Wildman–Crippen LogP) is 2.18. The Morgan fingerprint density at radius 3 is 2.06 bits per heavy atom. The fourth-order valence-electron chi connectivity index (χ4n) is 2.08. The molecule has 1 aliphatic heterocycles. The van der Waals surface area contributed by atoms with E-state index in [0.717, 1.165) is 25.9 Å². The molecule has 17 heavy (non-hydrogen) atoms. The highest BCUT2D eigenvalue weighted by molar-refractivity contribution is 5.18. The molecule has 1 fully saturated rings. The molecule has 94 valence electrons. The summed E-state index contributed by atoms with van der Waals surface area (Å²) < 4.78 is 52.4. The van der Waals surface area contributed by atoms with Crippen molar-refractivity contribution < 1.29 is 17.6 Å². The van der Waals surface area contributed by atoms with Crippen LogP contribution < -0.4 is 5.32 Å². The number of rotatable bonds is 2. The van der Waals surface area contributed by atoms with E-state index in [1.165, 1.54) is 0 Å². The van der Waals surface area contributed by atoms with Crippen molar-refractivity contribution in [2.24, 2.45) is 5.92 Å². The van der Waals surface area contributed by atoms with E-state index in [4.69, 9.17) is 0 Å². The molecule has 2 heterocycles. The van der Waals surface area contributed by atoms with E-state index in [1.807, 2.05) is 0 Å². The van der Waals surface area contributed by atoms with Crippen LogP contribution in [-0.2, 0) is 6.42 Å². The van der Waals surface area contributed by atoms with Gasteiger partial charge in [0.1, 0.15) is 0 Å². The van der Waals surface area contributed by atoms with Crippen LogP contribution in [0.4, 0.5) is 17.6 Å². The number of halogens is 4. The van der Waals surface area contributed by atoms with Gasteiger partial charge in [0.15, 0.2) is 11.6 Å². The molecule has 1 aromatic rings. The van der Waals surface area contributed by atoms with Gasteiger partial charge in [0.2, 0.25) is 0 Å². The van der Waals surface area contributed by atoms with Gasteiger partial charge in [0.25, 0.3) is 11.9 Å². The predicted molar refractivity (Wildman–Crippen MR) is 53.4 cm³/mol. The normalized spacial score (nSPS) is 17.4. The summed E-state index contributed by atoms with van der Waals surface area (Å²) in [5, 5.41) is 3.10. The molecule has 0 unspecified atom stereocenters. The maximum Gasteiger partial charge on any atom is 0.252 e. The Morgan fingerprint density at radius 1 is 1.00 bits per heavy atom. The Kier molecular flexibility index (Phi) is 3.61. The first-order valence-corrected chi connectivity index (χ1v) is 5.49. The van der Waals surface area contributed by atoms with Crippen LogP contribution in [0.5, 0.6) is 0 Å². The minimum absolute atomic E-state index is 0.00963. The highest BCUT2D eigenvalue weighted by Crippen LogP contribution is 2.23. The quantitative estimate of drug-likeness (QED) is 0.641. The first-order chi connectivity index (χ1) is 8.09. The van der Waals surface area contributed by atoms with Crippen molar-refractivity contribution in [3.8, 4) is 0 Å². The van der Waals surface area contributed by atoms with E-state index < -0.39 is 29.1 Å². The number of hydrogen-bond acceptors (Lipinski definition) is 2. The third-order valence-corrected chi connectivity index (χ3v) is 3.04. The van der Waals surface area contributed by atoms with Gasteiger partial charge < -0.3 is 5.32 Å². The fourth-order valence-corrected chi connectivity index (χ4v) is 2.08. The summed E-state index contributed by atoms with van der Waals surface area (Å²) in [5.74, 6) is -5.85. The van der Waals surface area contributed by atoms with Gasteiger partial charge >= 0.3 is 0 Å². The monoisotopic (exact) mass is 248 g/mol. The minimum Gasteiger partial charge on any atom is -0.317 e. The lowest BCUT2D eigenvalue weighted by Crippen LogP contribution is -2.29. The van der Waals surface area contributed by atoms with Gasteiger partial charge in [-0.1, -0.05) is 0 Å². The number of piperidine rings is 1. The van der Waals surface area contributed by atoms with Crippen LogP contribution in [0.2, 0.25) is 0 Å². The van der Waals surface area contributed by atoms with E-state index in [-0.39, 0.29) is 12.3 Å². The van der Waals surface area contributed by atoms with E-state index in [1.54, 1.807) is 0 Å². The summed E-state index contributed by atoms with van der Waals surface area (Å²) >= 11 is 0. The zero-order chi connectivity index (χ0) is 12.4. The Bertz CT molecular complexity index is 390. The van der Waals surface area contributed by atoms with Gasteiger partial charge in [-0.25, -0.2) is 8.78 Å². The molecule has 6 heteroatoms. The van der Waals surface area contributed by atoms with Crippen molar-refractivity contribution >= 4 is 0 Å². The summed E-state index contributed by atoms with van der Waals surface area (Å²) in [5.41, 5.74) is -0.526. The number of hydrogen-bond donors (Lipinski definition) is 1. The minimum atomic E-state index is -1.58. The summed E-state index contributed by atoms with van der Waals surface area (Å²) in [7, 11) is 0. The van der Waals surface area contributed by atoms with Crippen molar-refractivity contribution in [3.63, 3.8) is 0 Å². The molecule has 0 aromatic carbocycles. The molecule has 1 saturated heterocycles. The number of nitrogens with zero attached hydrogens (tertiary/aromatic N) is 1. The van der Waals surface area contributed by atoms with Crippen LogP contribution >= 0.6 is 0 Å². The van der Waals surface area contributed by atoms with Crippen LogP contribution in [0.1, 0.15) is 18.4 Å². The van der Waals surface area contributed by atoms with Gasteiger partial charge in [-0.2, -0.15) is 13.8 Å². The molecular weight excluding hydrogens is 236 g/mol. The highest BCUT2D eigenvalue weighted by atomic mass is 19.2. The SMILES string of the molecule is Fc1nc(F)c(F)c(CC2CCNCC2)c1F. The summed E-state index contributed by atoms with van der Waals surface area (Å²) in [4.78, 5) is 2.53. The standard InChI is InChI=1S/C11H12F4N2/c12-8-7(5-6-1-3-16-4-2-6)9(13)11(15)17-10(8)14/h6,16H,1-5H2. The molecule has 1 N–H and O–H groups in total. The van der Waals surface area contributed by atoms with Crippen molar-refractivity contribution in [2.45, 2.75) is 19.3 Å². The maximum atomic E-state index is 13.3. The fraction of sp³-hybridized carbons (Fsp3) is 0.545. The van der Waals surface area contributed by atoms with Crippen LogP contribution in [0.15, 0.2) is 0 Å². The lowest BCUT2D eigenvalue weighted by atomic mass is 9.91. The van der Waals surface area contributed by atoms with E-state index in [2.05, 4.69) is 10.3 Å². The second kappa shape index (κ2) is 5.00. The Balaban J connectivity index is 2.24. The van der Waals surface area contributed by atoms with Gasteiger partial charge in [-0.3, -0.25) is 0 Å². The Morgan fingerprint density at radius 2 is 1.53 bits per heavy atom. The second-order valence-electron chi connectivity index (χ2n) is 4.20. The van der Waals surface area contributed by atoms with Crippen molar-refractivity contribution in [3.05, 3.63) is 29.1 Å². The average Bonchev–Trinajstić information content (AvgIpc) is 2.33. The molecular formula is C11H12F4N2. The van der Waals surface area contributed by atoms with Crippen molar-refractivity contribution in [1.29, 1.82) is 0 Å². The zero-order valence-corrected chi connectivity index (χ0v) is 9.07. The maximum absolute atomic E-state index is 13.3. The summed E-state index contributed by atoms with van der Waals surface area (Å²) in [6, 6.07) is 0. The summed E-state index contributed by atoms with van der Waals surface area (Å²) in [6.07, 6.45) is 1.49. The van der Waals surface area contributed by atoms with Crippen LogP contribution in [0.25, 0.3) is 0 Å². The lowest BCUT2D eigenvalue weighted by Gasteiger charge is -2.22. The topological polar surface area (TPSA) is 24.9 Å². The molecule has 1 aromatic heterocycles. The lowest BCUT2D eigenvalue weighted by molar-refractivity contribution is 0.345. The van der Waals surface area contributed by atoms with Gasteiger partial charge in [-0.05, 0) is 38.3 Å². The number of nitrogens with one attached hydrogen (secondary N) is 1. The molecule has 0 spiro atoms. The Labute approximate surface area is 96.0 Å². The van der Waals surface area contributed by atoms with Crippen molar-refractivity contribution in [2.75, 3.05) is 13.1 Å². The average molecular weight is 248 g/mol. The van der Waals surface area contributed by atoms with E-state index >= 15 is 0 Å². The third-order valence-electron chi connectivity index (χ3n) is 3.04. The number of pyridine rings is 1. The largest absolute Gasteiger partial charge is 0.317 e. The van der Waals surface area contributed by atoms with Gasteiger partial charge in [0.05, 0.1) is 0 Å². The molecule has 0 saturated carbocycles. The molecule has 2 rings (SSSR count). The Hall–Kier alpha value is -1.17. The molecule has 1 aliphatic rings. The molecule has 0 amide bonds.